The minimum atomic E-state index is -2.94. The number of hydrogen-bond acceptors (Lipinski definition) is 3. The molecule has 6 heteroatoms. The lowest BCUT2D eigenvalue weighted by molar-refractivity contribution is -0.0501. The van der Waals surface area contributed by atoms with Gasteiger partial charge in [-0.2, -0.15) is 8.78 Å². The van der Waals surface area contributed by atoms with Crippen molar-refractivity contribution in [2.75, 3.05) is 19.6 Å². The number of benzene rings is 1. The molecule has 4 nitrogen and oxygen atoms in total. The predicted octanol–water partition coefficient (Wildman–Crippen LogP) is 2.26. The normalized spacial score (nSPS) is 22.1. The molecule has 1 aromatic rings. The lowest BCUT2D eigenvalue weighted by Crippen LogP contribution is -2.42. The van der Waals surface area contributed by atoms with E-state index >= 15 is 0 Å². The van der Waals surface area contributed by atoms with Crippen molar-refractivity contribution < 1.29 is 18.3 Å². The van der Waals surface area contributed by atoms with Crippen LogP contribution >= 0.6 is 0 Å². The van der Waals surface area contributed by atoms with E-state index in [2.05, 4.69) is 22.3 Å². The Morgan fingerprint density at radius 2 is 2.24 bits per heavy atom. The highest BCUT2D eigenvalue weighted by Crippen LogP contribution is 2.21. The maximum absolute atomic E-state index is 12.3. The van der Waals surface area contributed by atoms with Gasteiger partial charge in [-0.05, 0) is 43.5 Å². The number of nitrogens with one attached hydrogen (secondary N) is 2. The molecule has 1 saturated heterocycles. The van der Waals surface area contributed by atoms with Crippen molar-refractivity contribution >= 4 is 5.91 Å². The van der Waals surface area contributed by atoms with Crippen molar-refractivity contribution in [2.24, 2.45) is 11.8 Å². The van der Waals surface area contributed by atoms with Crippen LogP contribution in [0.2, 0.25) is 0 Å². The zero-order valence-corrected chi connectivity index (χ0v) is 11.9. The van der Waals surface area contributed by atoms with Gasteiger partial charge >= 0.3 is 6.61 Å². The molecule has 116 valence electrons. The fourth-order valence-electron chi connectivity index (χ4n) is 2.50. The Morgan fingerprint density at radius 3 is 2.95 bits per heavy atom. The lowest BCUT2D eigenvalue weighted by atomic mass is 9.88. The summed E-state index contributed by atoms with van der Waals surface area (Å²) in [5, 5.41) is 6.10. The number of alkyl halides is 2. The zero-order chi connectivity index (χ0) is 15.2. The molecule has 0 spiro atoms. The molecule has 1 aliphatic rings. The second kappa shape index (κ2) is 7.36. The highest BCUT2D eigenvalue weighted by molar-refractivity contribution is 5.96. The van der Waals surface area contributed by atoms with Crippen LogP contribution in [-0.4, -0.2) is 32.2 Å². The molecule has 2 unspecified atom stereocenters. The van der Waals surface area contributed by atoms with Gasteiger partial charge in [-0.3, -0.25) is 4.79 Å². The molecule has 0 bridgehead atoms. The number of rotatable bonds is 5. The van der Waals surface area contributed by atoms with Crippen LogP contribution in [-0.2, 0) is 0 Å². The van der Waals surface area contributed by atoms with Crippen LogP contribution in [0.5, 0.6) is 5.75 Å². The molecule has 2 rings (SSSR count). The standard InChI is InChI=1S/C15H20F2N2O2/c1-10-6-7-18-8-11(10)9-19-14(20)12-4-2-3-5-13(12)21-15(16)17/h2-5,10-11,15,18H,6-9H2,1H3,(H,19,20). The number of hydrogen-bond donors (Lipinski definition) is 2. The number of amides is 1. The van der Waals surface area contributed by atoms with Gasteiger partial charge < -0.3 is 15.4 Å². The smallest absolute Gasteiger partial charge is 0.387 e. The van der Waals surface area contributed by atoms with Gasteiger partial charge in [0.2, 0.25) is 0 Å². The molecule has 21 heavy (non-hydrogen) atoms. The molecule has 0 aliphatic carbocycles. The average molecular weight is 298 g/mol. The van der Waals surface area contributed by atoms with Crippen LogP contribution in [0.25, 0.3) is 0 Å². The number of ether oxygens (including phenoxy) is 1. The summed E-state index contributed by atoms with van der Waals surface area (Å²) in [5.74, 6) is 0.397. The van der Waals surface area contributed by atoms with Gasteiger partial charge in [-0.15, -0.1) is 0 Å². The van der Waals surface area contributed by atoms with Gasteiger partial charge in [0, 0.05) is 6.54 Å². The fourth-order valence-corrected chi connectivity index (χ4v) is 2.50. The van der Waals surface area contributed by atoms with E-state index in [4.69, 9.17) is 0 Å². The SMILES string of the molecule is CC1CCNCC1CNC(=O)c1ccccc1OC(F)F. The molecular formula is C15H20F2N2O2. The summed E-state index contributed by atoms with van der Waals surface area (Å²) in [6, 6.07) is 6.03. The van der Waals surface area contributed by atoms with Crippen LogP contribution in [0.3, 0.4) is 0 Å². The van der Waals surface area contributed by atoms with Gasteiger partial charge in [-0.25, -0.2) is 0 Å². The molecule has 0 aromatic heterocycles. The van der Waals surface area contributed by atoms with E-state index in [9.17, 15) is 13.6 Å². The first-order valence-electron chi connectivity index (χ1n) is 7.10. The third-order valence-electron chi connectivity index (χ3n) is 3.86. The molecule has 1 aliphatic heterocycles. The minimum absolute atomic E-state index is 0.0974. The summed E-state index contributed by atoms with van der Waals surface area (Å²) in [4.78, 5) is 12.1. The molecule has 1 fully saturated rings. The molecular weight excluding hydrogens is 278 g/mol. The molecule has 1 amide bonds. The van der Waals surface area contributed by atoms with Crippen LogP contribution in [0.1, 0.15) is 23.7 Å². The quantitative estimate of drug-likeness (QED) is 0.876. The van der Waals surface area contributed by atoms with Crippen molar-refractivity contribution in [2.45, 2.75) is 20.0 Å². The lowest BCUT2D eigenvalue weighted by Gasteiger charge is -2.29. The van der Waals surface area contributed by atoms with E-state index in [1.165, 1.54) is 12.1 Å². The number of carbonyl (C=O) groups excluding carboxylic acids is 1. The summed E-state index contributed by atoms with van der Waals surface area (Å²) in [5.41, 5.74) is 0.134. The van der Waals surface area contributed by atoms with Crippen LogP contribution in [0.4, 0.5) is 8.78 Å². The van der Waals surface area contributed by atoms with Gasteiger partial charge in [0.05, 0.1) is 5.56 Å². The van der Waals surface area contributed by atoms with Gasteiger partial charge in [-0.1, -0.05) is 19.1 Å². The first-order chi connectivity index (χ1) is 10.1. The van der Waals surface area contributed by atoms with E-state index in [0.29, 0.717) is 18.4 Å². The Morgan fingerprint density at radius 1 is 1.48 bits per heavy atom. The highest BCUT2D eigenvalue weighted by atomic mass is 19.3. The Labute approximate surface area is 122 Å². The van der Waals surface area contributed by atoms with E-state index in [1.54, 1.807) is 12.1 Å². The summed E-state index contributed by atoms with van der Waals surface area (Å²) in [7, 11) is 0. The fraction of sp³-hybridized carbons (Fsp3) is 0.533. The largest absolute Gasteiger partial charge is 0.434 e. The first kappa shape index (κ1) is 15.7. The van der Waals surface area contributed by atoms with Crippen molar-refractivity contribution in [3.63, 3.8) is 0 Å². The Balaban J connectivity index is 1.96. The molecule has 0 radical (unpaired) electrons. The number of carbonyl (C=O) groups is 1. The molecule has 0 saturated carbocycles. The van der Waals surface area contributed by atoms with E-state index < -0.39 is 6.61 Å². The molecule has 2 atom stereocenters. The summed E-state index contributed by atoms with van der Waals surface area (Å²) >= 11 is 0. The number of para-hydroxylation sites is 1. The predicted molar refractivity (Wildman–Crippen MR) is 75.5 cm³/mol. The second-order valence-corrected chi connectivity index (χ2v) is 5.31. The molecule has 2 N–H and O–H groups in total. The number of piperidine rings is 1. The van der Waals surface area contributed by atoms with Crippen molar-refractivity contribution in [3.05, 3.63) is 29.8 Å². The Kier molecular flexibility index (Phi) is 5.50. The summed E-state index contributed by atoms with van der Waals surface area (Å²) in [6.07, 6.45) is 1.08. The summed E-state index contributed by atoms with van der Waals surface area (Å²) in [6.45, 7) is 1.59. The molecule has 1 heterocycles. The monoisotopic (exact) mass is 298 g/mol. The first-order valence-corrected chi connectivity index (χ1v) is 7.10. The van der Waals surface area contributed by atoms with Crippen molar-refractivity contribution in [1.29, 1.82) is 0 Å². The number of halogens is 2. The minimum Gasteiger partial charge on any atom is -0.434 e. The van der Waals surface area contributed by atoms with Gasteiger partial charge in [0.1, 0.15) is 5.75 Å². The Bertz CT molecular complexity index is 482. The van der Waals surface area contributed by atoms with E-state index in [-0.39, 0.29) is 17.2 Å². The Hall–Kier alpha value is -1.69. The van der Waals surface area contributed by atoms with Gasteiger partial charge in [0.25, 0.3) is 5.91 Å². The highest BCUT2D eigenvalue weighted by Gasteiger charge is 2.22. The topological polar surface area (TPSA) is 50.4 Å². The third kappa shape index (κ3) is 4.39. The maximum Gasteiger partial charge on any atom is 0.387 e. The van der Waals surface area contributed by atoms with Crippen molar-refractivity contribution in [1.82, 2.24) is 10.6 Å². The van der Waals surface area contributed by atoms with Crippen LogP contribution in [0, 0.1) is 11.8 Å². The second-order valence-electron chi connectivity index (χ2n) is 5.31. The average Bonchev–Trinajstić information content (AvgIpc) is 2.46. The molecule has 1 aromatic carbocycles. The van der Waals surface area contributed by atoms with Crippen LogP contribution in [0.15, 0.2) is 24.3 Å². The van der Waals surface area contributed by atoms with Gasteiger partial charge in [0.15, 0.2) is 0 Å². The van der Waals surface area contributed by atoms with E-state index in [1.807, 2.05) is 0 Å². The summed E-state index contributed by atoms with van der Waals surface area (Å²) < 4.78 is 29.0. The zero-order valence-electron chi connectivity index (χ0n) is 11.9. The van der Waals surface area contributed by atoms with Crippen LogP contribution < -0.4 is 15.4 Å². The third-order valence-corrected chi connectivity index (χ3v) is 3.86. The van der Waals surface area contributed by atoms with Crippen molar-refractivity contribution in [3.8, 4) is 5.75 Å². The van der Waals surface area contributed by atoms with E-state index in [0.717, 1.165) is 19.5 Å². The maximum atomic E-state index is 12.3.